The van der Waals surface area contributed by atoms with Crippen molar-refractivity contribution >= 4 is 0 Å². The fourth-order valence-corrected chi connectivity index (χ4v) is 1.15. The first-order valence-electron chi connectivity index (χ1n) is 5.45. The highest BCUT2D eigenvalue weighted by atomic mass is 16.5. The van der Waals surface area contributed by atoms with E-state index in [1.807, 2.05) is 20.8 Å². The van der Waals surface area contributed by atoms with E-state index in [1.54, 1.807) is 0 Å². The van der Waals surface area contributed by atoms with Crippen LogP contribution in [0.1, 0.15) is 32.5 Å². The summed E-state index contributed by atoms with van der Waals surface area (Å²) in [5.41, 5.74) is -0.190. The highest BCUT2D eigenvalue weighted by molar-refractivity contribution is 5.10. The van der Waals surface area contributed by atoms with Gasteiger partial charge in [-0.2, -0.15) is 4.98 Å². The Morgan fingerprint density at radius 2 is 2.19 bits per heavy atom. The van der Waals surface area contributed by atoms with Crippen molar-refractivity contribution in [2.24, 2.45) is 0 Å². The lowest BCUT2D eigenvalue weighted by molar-refractivity contribution is 0.108. The Kier molecular flexibility index (Phi) is 4.98. The van der Waals surface area contributed by atoms with Crippen molar-refractivity contribution in [1.82, 2.24) is 9.97 Å². The van der Waals surface area contributed by atoms with Crippen molar-refractivity contribution in [3.8, 4) is 5.88 Å². The van der Waals surface area contributed by atoms with Gasteiger partial charge in [0.25, 0.3) is 5.56 Å². The predicted octanol–water partition coefficient (Wildman–Crippen LogP) is 1.31. The number of aromatic amines is 1. The van der Waals surface area contributed by atoms with E-state index in [9.17, 15) is 4.79 Å². The van der Waals surface area contributed by atoms with Gasteiger partial charge in [0, 0.05) is 12.5 Å². The molecule has 0 saturated heterocycles. The summed E-state index contributed by atoms with van der Waals surface area (Å²) in [6, 6.07) is 1.35. The fourth-order valence-electron chi connectivity index (χ4n) is 1.15. The van der Waals surface area contributed by atoms with E-state index in [0.717, 1.165) is 0 Å². The standard InChI is InChI=1S/C11H18N2O3/c1-4-15-5-6-16-10-7-9(14)12-11(13-10)8(2)3/h7-8H,4-6H2,1-3H3,(H,12,13,14). The van der Waals surface area contributed by atoms with Crippen molar-refractivity contribution < 1.29 is 9.47 Å². The second-order valence-electron chi connectivity index (χ2n) is 3.67. The summed E-state index contributed by atoms with van der Waals surface area (Å²) >= 11 is 0. The molecule has 0 atom stereocenters. The number of ether oxygens (including phenoxy) is 2. The Hall–Kier alpha value is -1.36. The molecule has 0 bridgehead atoms. The molecule has 0 aromatic carbocycles. The molecule has 0 saturated carbocycles. The molecule has 1 rings (SSSR count). The van der Waals surface area contributed by atoms with Crippen LogP contribution in [0, 0.1) is 0 Å². The van der Waals surface area contributed by atoms with Crippen molar-refractivity contribution in [3.63, 3.8) is 0 Å². The summed E-state index contributed by atoms with van der Waals surface area (Å²) < 4.78 is 10.4. The average molecular weight is 226 g/mol. The molecule has 16 heavy (non-hydrogen) atoms. The molecule has 0 unspecified atom stereocenters. The molecule has 0 spiro atoms. The average Bonchev–Trinajstić information content (AvgIpc) is 2.23. The van der Waals surface area contributed by atoms with Crippen molar-refractivity contribution in [2.75, 3.05) is 19.8 Å². The van der Waals surface area contributed by atoms with Crippen molar-refractivity contribution in [1.29, 1.82) is 0 Å². The molecule has 0 amide bonds. The third-order valence-electron chi connectivity index (χ3n) is 1.97. The van der Waals surface area contributed by atoms with Crippen LogP contribution in [0.2, 0.25) is 0 Å². The monoisotopic (exact) mass is 226 g/mol. The van der Waals surface area contributed by atoms with Crippen LogP contribution < -0.4 is 10.3 Å². The van der Waals surface area contributed by atoms with Crippen molar-refractivity contribution in [2.45, 2.75) is 26.7 Å². The van der Waals surface area contributed by atoms with E-state index in [-0.39, 0.29) is 11.5 Å². The smallest absolute Gasteiger partial charge is 0.254 e. The highest BCUT2D eigenvalue weighted by Crippen LogP contribution is 2.10. The molecule has 1 N–H and O–H groups in total. The van der Waals surface area contributed by atoms with Gasteiger partial charge in [0.05, 0.1) is 12.7 Å². The Labute approximate surface area is 94.8 Å². The third kappa shape index (κ3) is 4.02. The van der Waals surface area contributed by atoms with Crippen LogP contribution in [0.5, 0.6) is 5.88 Å². The van der Waals surface area contributed by atoms with E-state index in [2.05, 4.69) is 9.97 Å². The first kappa shape index (κ1) is 12.7. The minimum absolute atomic E-state index is 0.170. The van der Waals surface area contributed by atoms with Crippen LogP contribution in [-0.4, -0.2) is 29.8 Å². The van der Waals surface area contributed by atoms with E-state index in [1.165, 1.54) is 6.07 Å². The molecule has 1 heterocycles. The predicted molar refractivity (Wildman–Crippen MR) is 60.9 cm³/mol. The van der Waals surface area contributed by atoms with Gasteiger partial charge in [-0.05, 0) is 6.92 Å². The fraction of sp³-hybridized carbons (Fsp3) is 0.636. The zero-order valence-corrected chi connectivity index (χ0v) is 9.95. The summed E-state index contributed by atoms with van der Waals surface area (Å²) in [5, 5.41) is 0. The molecular formula is C11H18N2O3. The Morgan fingerprint density at radius 3 is 2.81 bits per heavy atom. The summed E-state index contributed by atoms with van der Waals surface area (Å²) in [7, 11) is 0. The topological polar surface area (TPSA) is 64.2 Å². The van der Waals surface area contributed by atoms with Gasteiger partial charge in [0.1, 0.15) is 12.4 Å². The SMILES string of the molecule is CCOCCOc1cc(=O)[nH]c(C(C)C)n1. The van der Waals surface area contributed by atoms with Gasteiger partial charge in [-0.15, -0.1) is 0 Å². The van der Waals surface area contributed by atoms with Crippen molar-refractivity contribution in [3.05, 3.63) is 22.2 Å². The number of hydrogen-bond donors (Lipinski definition) is 1. The normalized spacial score (nSPS) is 10.8. The maximum atomic E-state index is 11.3. The highest BCUT2D eigenvalue weighted by Gasteiger charge is 2.05. The molecule has 0 aliphatic rings. The van der Waals surface area contributed by atoms with Gasteiger partial charge in [0.2, 0.25) is 5.88 Å². The van der Waals surface area contributed by atoms with Crippen LogP contribution >= 0.6 is 0 Å². The molecule has 90 valence electrons. The first-order valence-corrected chi connectivity index (χ1v) is 5.45. The largest absolute Gasteiger partial charge is 0.475 e. The second kappa shape index (κ2) is 6.27. The Balaban J connectivity index is 2.62. The lowest BCUT2D eigenvalue weighted by Crippen LogP contribution is -2.14. The van der Waals surface area contributed by atoms with Gasteiger partial charge in [-0.3, -0.25) is 4.79 Å². The van der Waals surface area contributed by atoms with Crippen LogP contribution in [0.4, 0.5) is 0 Å². The summed E-state index contributed by atoms with van der Waals surface area (Å²) in [5.74, 6) is 1.16. The maximum Gasteiger partial charge on any atom is 0.254 e. The van der Waals surface area contributed by atoms with Gasteiger partial charge < -0.3 is 14.5 Å². The number of nitrogens with zero attached hydrogens (tertiary/aromatic N) is 1. The summed E-state index contributed by atoms with van der Waals surface area (Å²) in [4.78, 5) is 18.2. The van der Waals surface area contributed by atoms with Crippen LogP contribution in [0.3, 0.4) is 0 Å². The lowest BCUT2D eigenvalue weighted by atomic mass is 10.2. The number of nitrogens with one attached hydrogen (secondary N) is 1. The molecule has 0 fully saturated rings. The molecule has 1 aromatic heterocycles. The molecule has 0 aliphatic carbocycles. The first-order chi connectivity index (χ1) is 7.63. The number of hydrogen-bond acceptors (Lipinski definition) is 4. The summed E-state index contributed by atoms with van der Waals surface area (Å²) in [6.07, 6.45) is 0. The third-order valence-corrected chi connectivity index (χ3v) is 1.97. The number of rotatable bonds is 6. The zero-order valence-electron chi connectivity index (χ0n) is 9.95. The van der Waals surface area contributed by atoms with Gasteiger partial charge in [-0.25, -0.2) is 0 Å². The molecule has 0 aliphatic heterocycles. The van der Waals surface area contributed by atoms with Gasteiger partial charge in [-0.1, -0.05) is 13.8 Å². The molecule has 0 radical (unpaired) electrons. The Morgan fingerprint density at radius 1 is 1.44 bits per heavy atom. The molecule has 5 heteroatoms. The van der Waals surface area contributed by atoms with Gasteiger partial charge in [0.15, 0.2) is 0 Å². The van der Waals surface area contributed by atoms with Crippen LogP contribution in [0.25, 0.3) is 0 Å². The minimum Gasteiger partial charge on any atom is -0.475 e. The molecule has 5 nitrogen and oxygen atoms in total. The maximum absolute atomic E-state index is 11.3. The van der Waals surface area contributed by atoms with E-state index in [4.69, 9.17) is 9.47 Å². The van der Waals surface area contributed by atoms with E-state index < -0.39 is 0 Å². The van der Waals surface area contributed by atoms with Crippen LogP contribution in [0.15, 0.2) is 10.9 Å². The second-order valence-corrected chi connectivity index (χ2v) is 3.67. The summed E-state index contributed by atoms with van der Waals surface area (Å²) in [6.45, 7) is 7.40. The number of H-pyrrole nitrogens is 1. The Bertz CT molecular complexity index is 374. The lowest BCUT2D eigenvalue weighted by Gasteiger charge is -2.08. The number of aromatic nitrogens is 2. The zero-order chi connectivity index (χ0) is 12.0. The quantitative estimate of drug-likeness (QED) is 0.743. The van der Waals surface area contributed by atoms with E-state index >= 15 is 0 Å². The minimum atomic E-state index is -0.190. The van der Waals surface area contributed by atoms with E-state index in [0.29, 0.717) is 31.5 Å². The molecular weight excluding hydrogens is 208 g/mol. The molecule has 1 aromatic rings. The van der Waals surface area contributed by atoms with Gasteiger partial charge >= 0.3 is 0 Å². The van der Waals surface area contributed by atoms with Crippen LogP contribution in [-0.2, 0) is 4.74 Å².